The SMILES string of the molecule is NCc1nnc(SCc2cccc(Cl)c2)o1. The summed E-state index contributed by atoms with van der Waals surface area (Å²) in [6, 6.07) is 7.67. The molecule has 0 fully saturated rings. The molecule has 0 bridgehead atoms. The molecule has 0 unspecified atom stereocenters. The fourth-order valence-electron chi connectivity index (χ4n) is 1.15. The van der Waals surface area contributed by atoms with Gasteiger partial charge in [-0.2, -0.15) is 0 Å². The molecule has 1 aromatic carbocycles. The zero-order chi connectivity index (χ0) is 11.4. The van der Waals surface area contributed by atoms with E-state index < -0.39 is 0 Å². The van der Waals surface area contributed by atoms with Crippen LogP contribution in [0.25, 0.3) is 0 Å². The van der Waals surface area contributed by atoms with Gasteiger partial charge in [0.2, 0.25) is 5.89 Å². The van der Waals surface area contributed by atoms with Crippen LogP contribution >= 0.6 is 23.4 Å². The van der Waals surface area contributed by atoms with E-state index in [2.05, 4.69) is 10.2 Å². The monoisotopic (exact) mass is 255 g/mol. The molecule has 16 heavy (non-hydrogen) atoms. The van der Waals surface area contributed by atoms with Crippen LogP contribution in [0.5, 0.6) is 0 Å². The van der Waals surface area contributed by atoms with E-state index in [1.807, 2.05) is 24.3 Å². The first kappa shape index (κ1) is 11.4. The van der Waals surface area contributed by atoms with Crippen molar-refractivity contribution in [2.24, 2.45) is 5.73 Å². The van der Waals surface area contributed by atoms with Crippen molar-refractivity contribution in [3.05, 3.63) is 40.7 Å². The van der Waals surface area contributed by atoms with Crippen LogP contribution in [0, 0.1) is 0 Å². The zero-order valence-electron chi connectivity index (χ0n) is 8.39. The number of hydrogen-bond donors (Lipinski definition) is 1. The Hall–Kier alpha value is -1.04. The number of nitrogens with two attached hydrogens (primary N) is 1. The van der Waals surface area contributed by atoms with Gasteiger partial charge in [-0.25, -0.2) is 0 Å². The number of thioether (sulfide) groups is 1. The Labute approximate surface area is 102 Å². The molecule has 6 heteroatoms. The average Bonchev–Trinajstić information content (AvgIpc) is 2.74. The van der Waals surface area contributed by atoms with E-state index in [0.29, 0.717) is 11.1 Å². The molecule has 2 rings (SSSR count). The van der Waals surface area contributed by atoms with Crippen molar-refractivity contribution in [2.45, 2.75) is 17.5 Å². The largest absolute Gasteiger partial charge is 0.415 e. The molecule has 0 spiro atoms. The summed E-state index contributed by atoms with van der Waals surface area (Å²) in [6.45, 7) is 0.269. The van der Waals surface area contributed by atoms with Gasteiger partial charge in [0.25, 0.3) is 5.22 Å². The second-order valence-electron chi connectivity index (χ2n) is 3.08. The highest BCUT2D eigenvalue weighted by Gasteiger charge is 2.05. The van der Waals surface area contributed by atoms with Crippen LogP contribution in [0.15, 0.2) is 33.9 Å². The molecule has 0 aliphatic rings. The van der Waals surface area contributed by atoms with Crippen LogP contribution in [0.4, 0.5) is 0 Å². The molecular weight excluding hydrogens is 246 g/mol. The van der Waals surface area contributed by atoms with Gasteiger partial charge in [-0.15, -0.1) is 10.2 Å². The summed E-state index contributed by atoms with van der Waals surface area (Å²) in [7, 11) is 0. The predicted molar refractivity (Wildman–Crippen MR) is 63.2 cm³/mol. The maximum atomic E-state index is 5.88. The fraction of sp³-hybridized carbons (Fsp3) is 0.200. The van der Waals surface area contributed by atoms with E-state index in [4.69, 9.17) is 21.8 Å². The fourth-order valence-corrected chi connectivity index (χ4v) is 2.09. The molecule has 0 radical (unpaired) electrons. The molecule has 2 N–H and O–H groups in total. The molecule has 0 saturated carbocycles. The number of nitrogens with zero attached hydrogens (tertiary/aromatic N) is 2. The maximum Gasteiger partial charge on any atom is 0.276 e. The van der Waals surface area contributed by atoms with Crippen LogP contribution in [-0.4, -0.2) is 10.2 Å². The third kappa shape index (κ3) is 2.98. The quantitative estimate of drug-likeness (QED) is 0.851. The van der Waals surface area contributed by atoms with Crippen LogP contribution in [0.1, 0.15) is 11.5 Å². The summed E-state index contributed by atoms with van der Waals surface area (Å²) in [5.41, 5.74) is 6.48. The maximum absolute atomic E-state index is 5.88. The van der Waals surface area contributed by atoms with Gasteiger partial charge in [0.1, 0.15) is 0 Å². The van der Waals surface area contributed by atoms with E-state index in [9.17, 15) is 0 Å². The number of halogens is 1. The van der Waals surface area contributed by atoms with Crippen LogP contribution in [0.2, 0.25) is 5.02 Å². The highest BCUT2D eigenvalue weighted by Crippen LogP contribution is 2.22. The minimum Gasteiger partial charge on any atom is -0.415 e. The number of hydrogen-bond acceptors (Lipinski definition) is 5. The number of rotatable bonds is 4. The molecule has 0 saturated heterocycles. The number of benzene rings is 1. The molecule has 0 aliphatic heterocycles. The Kier molecular flexibility index (Phi) is 3.82. The van der Waals surface area contributed by atoms with Crippen LogP contribution in [0.3, 0.4) is 0 Å². The second-order valence-corrected chi connectivity index (χ2v) is 4.45. The van der Waals surface area contributed by atoms with Crippen molar-refractivity contribution in [3.63, 3.8) is 0 Å². The van der Waals surface area contributed by atoms with Crippen LogP contribution in [-0.2, 0) is 12.3 Å². The lowest BCUT2D eigenvalue weighted by Crippen LogP contribution is -1.95. The molecule has 2 aromatic rings. The van der Waals surface area contributed by atoms with Gasteiger partial charge in [-0.05, 0) is 17.7 Å². The lowest BCUT2D eigenvalue weighted by molar-refractivity contribution is 0.415. The summed E-state index contributed by atoms with van der Waals surface area (Å²) in [6.07, 6.45) is 0. The second kappa shape index (κ2) is 5.34. The molecule has 4 nitrogen and oxygen atoms in total. The van der Waals surface area contributed by atoms with Gasteiger partial charge in [-0.3, -0.25) is 0 Å². The molecule has 1 aromatic heterocycles. The van der Waals surface area contributed by atoms with E-state index >= 15 is 0 Å². The standard InChI is InChI=1S/C10H10ClN3OS/c11-8-3-1-2-7(4-8)6-16-10-14-13-9(5-12)15-10/h1-4H,5-6,12H2. The van der Waals surface area contributed by atoms with Gasteiger partial charge in [0.15, 0.2) is 0 Å². The van der Waals surface area contributed by atoms with Crippen molar-refractivity contribution in [1.29, 1.82) is 0 Å². The van der Waals surface area contributed by atoms with Crippen molar-refractivity contribution >= 4 is 23.4 Å². The first-order chi connectivity index (χ1) is 7.78. The van der Waals surface area contributed by atoms with E-state index in [0.717, 1.165) is 16.3 Å². The molecule has 0 amide bonds. The Bertz CT molecular complexity index is 475. The van der Waals surface area contributed by atoms with Crippen molar-refractivity contribution in [2.75, 3.05) is 0 Å². The van der Waals surface area contributed by atoms with Crippen LogP contribution < -0.4 is 5.73 Å². The highest BCUT2D eigenvalue weighted by atomic mass is 35.5. The minimum atomic E-state index is 0.269. The van der Waals surface area contributed by atoms with Gasteiger partial charge in [0, 0.05) is 10.8 Å². The first-order valence-electron chi connectivity index (χ1n) is 4.67. The molecular formula is C10H10ClN3OS. The van der Waals surface area contributed by atoms with Gasteiger partial charge >= 0.3 is 0 Å². The van der Waals surface area contributed by atoms with E-state index in [1.165, 1.54) is 11.8 Å². The van der Waals surface area contributed by atoms with Gasteiger partial charge < -0.3 is 10.2 Å². The Morgan fingerprint density at radius 2 is 2.25 bits per heavy atom. The molecule has 0 aliphatic carbocycles. The minimum absolute atomic E-state index is 0.269. The third-order valence-electron chi connectivity index (χ3n) is 1.87. The van der Waals surface area contributed by atoms with Crippen molar-refractivity contribution < 1.29 is 4.42 Å². The molecule has 0 atom stereocenters. The average molecular weight is 256 g/mol. The van der Waals surface area contributed by atoms with Gasteiger partial charge in [-0.1, -0.05) is 35.5 Å². The van der Waals surface area contributed by atoms with E-state index in [1.54, 1.807) is 0 Å². The summed E-state index contributed by atoms with van der Waals surface area (Å²) < 4.78 is 5.27. The van der Waals surface area contributed by atoms with E-state index in [-0.39, 0.29) is 6.54 Å². The zero-order valence-corrected chi connectivity index (χ0v) is 9.96. The number of aromatic nitrogens is 2. The van der Waals surface area contributed by atoms with Crippen molar-refractivity contribution in [3.8, 4) is 0 Å². The molecule has 84 valence electrons. The summed E-state index contributed by atoms with van der Waals surface area (Å²) >= 11 is 7.34. The smallest absolute Gasteiger partial charge is 0.276 e. The Balaban J connectivity index is 1.96. The predicted octanol–water partition coefficient (Wildman–Crippen LogP) is 2.47. The summed E-state index contributed by atoms with van der Waals surface area (Å²) in [5, 5.41) is 8.89. The summed E-state index contributed by atoms with van der Waals surface area (Å²) in [4.78, 5) is 0. The lowest BCUT2D eigenvalue weighted by atomic mass is 10.2. The van der Waals surface area contributed by atoms with Crippen molar-refractivity contribution in [1.82, 2.24) is 10.2 Å². The normalized spacial score (nSPS) is 10.6. The van der Waals surface area contributed by atoms with Gasteiger partial charge in [0.05, 0.1) is 6.54 Å². The Morgan fingerprint density at radius 1 is 1.38 bits per heavy atom. The Morgan fingerprint density at radius 3 is 2.94 bits per heavy atom. The first-order valence-corrected chi connectivity index (χ1v) is 6.04. The highest BCUT2D eigenvalue weighted by molar-refractivity contribution is 7.98. The lowest BCUT2D eigenvalue weighted by Gasteiger charge is -1.98. The molecule has 1 heterocycles. The third-order valence-corrected chi connectivity index (χ3v) is 3.00. The topological polar surface area (TPSA) is 64.9 Å². The summed E-state index contributed by atoms with van der Waals surface area (Å²) in [5.74, 6) is 1.20.